The summed E-state index contributed by atoms with van der Waals surface area (Å²) in [5.41, 5.74) is 4.45. The molecule has 1 aromatic carbocycles. The van der Waals surface area contributed by atoms with Gasteiger partial charge in [0.2, 0.25) is 0 Å². The van der Waals surface area contributed by atoms with Crippen LogP contribution >= 0.6 is 0 Å². The van der Waals surface area contributed by atoms with Crippen molar-refractivity contribution in [2.45, 2.75) is 19.9 Å². The van der Waals surface area contributed by atoms with E-state index in [4.69, 9.17) is 0 Å². The molecule has 0 radical (unpaired) electrons. The number of imide groups is 1. The Hall–Kier alpha value is -3.56. The number of amides is 4. The summed E-state index contributed by atoms with van der Waals surface area (Å²) in [6.07, 6.45) is 2.96. The van der Waals surface area contributed by atoms with Gasteiger partial charge in [-0.05, 0) is 36.5 Å². The van der Waals surface area contributed by atoms with E-state index >= 15 is 0 Å². The molecule has 1 N–H and O–H groups in total. The van der Waals surface area contributed by atoms with Gasteiger partial charge in [0, 0.05) is 32.9 Å². The molecule has 0 bridgehead atoms. The molecular formula is C20H26N7O3+. The van der Waals surface area contributed by atoms with Crippen LogP contribution in [-0.4, -0.2) is 90.4 Å². The third-order valence-electron chi connectivity index (χ3n) is 5.15. The topological polar surface area (TPSA) is 101 Å². The van der Waals surface area contributed by atoms with Crippen LogP contribution in [0, 0.1) is 0 Å². The molecule has 10 nitrogen and oxygen atoms in total. The number of likely N-dealkylation sites (N-methyl/N-ethyl adjacent to an activating group) is 2. The number of hydrazone groups is 1. The van der Waals surface area contributed by atoms with E-state index in [2.05, 4.69) is 34.3 Å². The number of carbonyl (C=O) groups excluding carboxylic acids is 3. The standard InChI is InChI=1S/C20H25N7O3/c1-5-26(6-2)15-9-7-14(8-10-15)11-22-23-16(28)12-27-13-21-18-17(27)19(29)25(4)20(30)24(18)3/h7-11,13,17H,5-6,12H2,1-4H3/p+1/b22-11+. The number of benzene rings is 1. The van der Waals surface area contributed by atoms with Crippen LogP contribution < -0.4 is 10.3 Å². The molecule has 2 heterocycles. The Morgan fingerprint density at radius 1 is 1.20 bits per heavy atom. The van der Waals surface area contributed by atoms with Crippen molar-refractivity contribution in [2.24, 2.45) is 10.1 Å². The molecule has 2 aliphatic heterocycles. The van der Waals surface area contributed by atoms with Crippen molar-refractivity contribution in [3.63, 3.8) is 0 Å². The highest BCUT2D eigenvalue weighted by molar-refractivity contribution is 6.21. The molecule has 1 unspecified atom stereocenters. The summed E-state index contributed by atoms with van der Waals surface area (Å²) in [4.78, 5) is 45.4. The fourth-order valence-corrected chi connectivity index (χ4v) is 3.41. The largest absolute Gasteiger partial charge is 0.372 e. The fraction of sp³-hybridized carbons (Fsp3) is 0.400. The molecular weight excluding hydrogens is 386 g/mol. The lowest BCUT2D eigenvalue weighted by atomic mass is 10.1. The first kappa shape index (κ1) is 21.2. The highest BCUT2D eigenvalue weighted by Crippen LogP contribution is 2.16. The summed E-state index contributed by atoms with van der Waals surface area (Å²) in [7, 11) is 2.95. The van der Waals surface area contributed by atoms with Gasteiger partial charge in [-0.1, -0.05) is 12.1 Å². The van der Waals surface area contributed by atoms with Gasteiger partial charge in [0.05, 0.1) is 6.21 Å². The number of carbonyl (C=O) groups is 3. The number of amidine groups is 1. The summed E-state index contributed by atoms with van der Waals surface area (Å²) in [5.74, 6) is -0.503. The van der Waals surface area contributed by atoms with Gasteiger partial charge < -0.3 is 4.90 Å². The van der Waals surface area contributed by atoms with Crippen molar-refractivity contribution in [2.75, 3.05) is 38.6 Å². The van der Waals surface area contributed by atoms with E-state index in [-0.39, 0.29) is 6.54 Å². The van der Waals surface area contributed by atoms with Gasteiger partial charge in [-0.2, -0.15) is 5.10 Å². The number of hydrogen-bond donors (Lipinski definition) is 1. The van der Waals surface area contributed by atoms with Crippen LogP contribution in [0.5, 0.6) is 0 Å². The maximum absolute atomic E-state index is 12.4. The maximum Gasteiger partial charge on any atom is 0.333 e. The monoisotopic (exact) mass is 412 g/mol. The third-order valence-corrected chi connectivity index (χ3v) is 5.15. The second-order valence-corrected chi connectivity index (χ2v) is 6.97. The number of anilines is 1. The van der Waals surface area contributed by atoms with Gasteiger partial charge in [0.25, 0.3) is 30.0 Å². The lowest BCUT2D eigenvalue weighted by Gasteiger charge is -2.30. The zero-order valence-electron chi connectivity index (χ0n) is 17.6. The Kier molecular flexibility index (Phi) is 6.24. The van der Waals surface area contributed by atoms with Crippen LogP contribution in [0.15, 0.2) is 34.4 Å². The molecule has 0 aromatic heterocycles. The molecule has 0 spiro atoms. The van der Waals surface area contributed by atoms with Gasteiger partial charge in [-0.25, -0.2) is 14.8 Å². The molecule has 1 atom stereocenters. The molecule has 0 aliphatic carbocycles. The zero-order chi connectivity index (χ0) is 21.8. The Morgan fingerprint density at radius 3 is 2.50 bits per heavy atom. The van der Waals surface area contributed by atoms with Gasteiger partial charge in [-0.3, -0.25) is 19.4 Å². The van der Waals surface area contributed by atoms with Crippen LogP contribution in [-0.2, 0) is 9.59 Å². The van der Waals surface area contributed by atoms with E-state index in [1.54, 1.807) is 13.3 Å². The molecule has 30 heavy (non-hydrogen) atoms. The van der Waals surface area contributed by atoms with Crippen LogP contribution in [0.2, 0.25) is 0 Å². The fourth-order valence-electron chi connectivity index (χ4n) is 3.41. The van der Waals surface area contributed by atoms with Crippen molar-refractivity contribution >= 4 is 41.9 Å². The van der Waals surface area contributed by atoms with E-state index < -0.39 is 23.9 Å². The predicted molar refractivity (Wildman–Crippen MR) is 114 cm³/mol. The Morgan fingerprint density at radius 2 is 1.87 bits per heavy atom. The number of nitrogens with one attached hydrogen (secondary N) is 1. The van der Waals surface area contributed by atoms with Crippen LogP contribution in [0.1, 0.15) is 19.4 Å². The molecule has 10 heteroatoms. The average molecular weight is 412 g/mol. The molecule has 1 fully saturated rings. The van der Waals surface area contributed by atoms with Crippen LogP contribution in [0.3, 0.4) is 0 Å². The smallest absolute Gasteiger partial charge is 0.333 e. The van der Waals surface area contributed by atoms with Crippen molar-refractivity contribution in [3.8, 4) is 0 Å². The molecule has 0 saturated carbocycles. The first-order valence-electron chi connectivity index (χ1n) is 9.76. The van der Waals surface area contributed by atoms with Crippen molar-refractivity contribution in [3.05, 3.63) is 29.8 Å². The SMILES string of the molecule is CCN(CC)c1ccc(/C=N/NC(=O)C[N+]2=CN=C3C2C(=O)N(C)C(=O)N3C)cc1. The highest BCUT2D eigenvalue weighted by Gasteiger charge is 2.50. The van der Waals surface area contributed by atoms with Crippen molar-refractivity contribution in [1.29, 1.82) is 0 Å². The normalized spacial score (nSPS) is 18.5. The second-order valence-electron chi connectivity index (χ2n) is 6.97. The van der Waals surface area contributed by atoms with Gasteiger partial charge in [0.1, 0.15) is 0 Å². The minimum absolute atomic E-state index is 0.114. The number of hydrogen-bond acceptors (Lipinski definition) is 6. The van der Waals surface area contributed by atoms with Gasteiger partial charge in [0.15, 0.2) is 6.54 Å². The quantitative estimate of drug-likeness (QED) is 0.396. The van der Waals surface area contributed by atoms with Crippen LogP contribution in [0.4, 0.5) is 10.5 Å². The number of fused-ring (bicyclic) bond motifs is 1. The summed E-state index contributed by atoms with van der Waals surface area (Å²) in [6, 6.07) is 6.64. The maximum atomic E-state index is 12.4. The van der Waals surface area contributed by atoms with Crippen molar-refractivity contribution in [1.82, 2.24) is 15.2 Å². The van der Waals surface area contributed by atoms with Crippen LogP contribution in [0.25, 0.3) is 0 Å². The van der Waals surface area contributed by atoms with Gasteiger partial charge >= 0.3 is 6.03 Å². The van der Waals surface area contributed by atoms with Gasteiger partial charge in [-0.15, -0.1) is 0 Å². The Labute approximate surface area is 175 Å². The Bertz CT molecular complexity index is 932. The lowest BCUT2D eigenvalue weighted by molar-refractivity contribution is -0.519. The van der Waals surface area contributed by atoms with E-state index in [0.29, 0.717) is 5.84 Å². The minimum atomic E-state index is -0.792. The van der Waals surface area contributed by atoms with E-state index in [1.807, 2.05) is 24.3 Å². The summed E-state index contributed by atoms with van der Waals surface area (Å²) in [6.45, 7) is 5.96. The molecule has 4 amide bonds. The molecule has 2 aliphatic rings. The first-order valence-corrected chi connectivity index (χ1v) is 9.76. The Balaban J connectivity index is 1.57. The summed E-state index contributed by atoms with van der Waals surface area (Å²) >= 11 is 0. The minimum Gasteiger partial charge on any atom is -0.372 e. The van der Waals surface area contributed by atoms with E-state index in [9.17, 15) is 14.4 Å². The lowest BCUT2D eigenvalue weighted by Crippen LogP contribution is -2.61. The number of aliphatic imine (C=N–C) groups is 1. The number of urea groups is 1. The first-order chi connectivity index (χ1) is 14.4. The molecule has 3 rings (SSSR count). The molecule has 1 saturated heterocycles. The predicted octanol–water partition coefficient (Wildman–Crippen LogP) is 0.328. The summed E-state index contributed by atoms with van der Waals surface area (Å²) < 4.78 is 1.49. The third kappa shape index (κ3) is 4.07. The second kappa shape index (κ2) is 8.85. The molecule has 158 valence electrons. The average Bonchev–Trinajstić information content (AvgIpc) is 3.16. The van der Waals surface area contributed by atoms with E-state index in [1.165, 1.54) is 22.9 Å². The van der Waals surface area contributed by atoms with E-state index in [0.717, 1.165) is 29.2 Å². The number of rotatable bonds is 7. The zero-order valence-corrected chi connectivity index (χ0v) is 17.6. The highest BCUT2D eigenvalue weighted by atomic mass is 16.2. The van der Waals surface area contributed by atoms with Crippen molar-refractivity contribution < 1.29 is 19.0 Å². The molecule has 1 aromatic rings. The summed E-state index contributed by atoms with van der Waals surface area (Å²) in [5, 5.41) is 3.99. The number of nitrogens with zero attached hydrogens (tertiary/aromatic N) is 6.